The molecule has 0 fully saturated rings. The summed E-state index contributed by atoms with van der Waals surface area (Å²) in [5.41, 5.74) is 4.22. The molecule has 4 rings (SSSR count). The molecular formula is C18H18ClN3O3S. The first-order valence-corrected chi connectivity index (χ1v) is 10.6. The third-order valence-electron chi connectivity index (χ3n) is 4.92. The second-order valence-corrected chi connectivity index (χ2v) is 8.93. The summed E-state index contributed by atoms with van der Waals surface area (Å²) in [5.74, 6) is -0.0716. The third-order valence-corrected chi connectivity index (χ3v) is 5.87. The highest BCUT2D eigenvalue weighted by Crippen LogP contribution is 2.38. The van der Waals surface area contributed by atoms with E-state index in [1.54, 1.807) is 29.4 Å². The van der Waals surface area contributed by atoms with E-state index >= 15 is 0 Å². The van der Waals surface area contributed by atoms with E-state index in [1.165, 1.54) is 0 Å². The Hall–Kier alpha value is -1.96. The molecule has 0 saturated heterocycles. The van der Waals surface area contributed by atoms with E-state index in [9.17, 15) is 13.2 Å². The molecule has 26 heavy (non-hydrogen) atoms. The lowest BCUT2D eigenvalue weighted by Gasteiger charge is -2.30. The number of benzene rings is 1. The minimum atomic E-state index is -3.31. The lowest BCUT2D eigenvalue weighted by Crippen LogP contribution is -2.38. The van der Waals surface area contributed by atoms with E-state index in [-0.39, 0.29) is 11.9 Å². The van der Waals surface area contributed by atoms with Crippen molar-refractivity contribution in [3.63, 3.8) is 0 Å². The normalized spacial score (nSPS) is 19.4. The average molecular weight is 392 g/mol. The molecule has 1 N–H and O–H groups in total. The number of halogens is 1. The van der Waals surface area contributed by atoms with E-state index in [2.05, 4.69) is 9.71 Å². The van der Waals surface area contributed by atoms with E-state index < -0.39 is 10.0 Å². The molecule has 1 amide bonds. The largest absolute Gasteiger partial charge is 0.306 e. The molecule has 1 aliphatic carbocycles. The zero-order valence-corrected chi connectivity index (χ0v) is 15.8. The molecule has 0 radical (unpaired) electrons. The summed E-state index contributed by atoms with van der Waals surface area (Å²) in [6.07, 6.45) is 6.62. The van der Waals surface area contributed by atoms with Crippen LogP contribution in [-0.4, -0.2) is 32.1 Å². The first-order valence-electron chi connectivity index (χ1n) is 8.38. The van der Waals surface area contributed by atoms with Crippen molar-refractivity contribution in [2.75, 3.05) is 17.7 Å². The van der Waals surface area contributed by atoms with Crippen molar-refractivity contribution in [1.29, 1.82) is 0 Å². The molecule has 8 heteroatoms. The zero-order valence-electron chi connectivity index (χ0n) is 14.2. The Kier molecular flexibility index (Phi) is 4.25. The maximum Gasteiger partial charge on any atom is 0.258 e. The highest BCUT2D eigenvalue weighted by Gasteiger charge is 2.32. The average Bonchev–Trinajstić information content (AvgIpc) is 2.96. The van der Waals surface area contributed by atoms with Crippen LogP contribution in [0, 0.1) is 0 Å². The van der Waals surface area contributed by atoms with Gasteiger partial charge in [-0.15, -0.1) is 0 Å². The van der Waals surface area contributed by atoms with Crippen LogP contribution < -0.4 is 9.62 Å². The quantitative estimate of drug-likeness (QED) is 0.871. The number of nitrogens with zero attached hydrogens (tertiary/aromatic N) is 2. The van der Waals surface area contributed by atoms with E-state index in [1.807, 2.05) is 6.07 Å². The smallest absolute Gasteiger partial charge is 0.258 e. The minimum absolute atomic E-state index is 0.0716. The van der Waals surface area contributed by atoms with Gasteiger partial charge in [0, 0.05) is 29.4 Å². The number of pyridine rings is 1. The lowest BCUT2D eigenvalue weighted by molar-refractivity contribution is 0.0980. The number of aromatic nitrogens is 1. The molecule has 2 aromatic rings. The molecule has 6 nitrogen and oxygen atoms in total. The number of hydrogen-bond donors (Lipinski definition) is 1. The highest BCUT2D eigenvalue weighted by atomic mass is 35.5. The van der Waals surface area contributed by atoms with E-state index in [0.29, 0.717) is 30.0 Å². The van der Waals surface area contributed by atoms with Gasteiger partial charge in [0.05, 0.1) is 18.1 Å². The van der Waals surface area contributed by atoms with Crippen LogP contribution in [0.3, 0.4) is 0 Å². The summed E-state index contributed by atoms with van der Waals surface area (Å²) < 4.78 is 25.8. The molecule has 2 aliphatic rings. The van der Waals surface area contributed by atoms with Crippen molar-refractivity contribution in [2.24, 2.45) is 0 Å². The Morgan fingerprint density at radius 3 is 2.85 bits per heavy atom. The maximum absolute atomic E-state index is 13.0. The fraction of sp³-hybridized carbons (Fsp3) is 0.333. The van der Waals surface area contributed by atoms with Gasteiger partial charge in [-0.3, -0.25) is 9.78 Å². The number of sulfonamides is 1. The minimum Gasteiger partial charge on any atom is -0.306 e. The topological polar surface area (TPSA) is 79.4 Å². The number of amides is 1. The van der Waals surface area contributed by atoms with Crippen molar-refractivity contribution in [1.82, 2.24) is 9.71 Å². The highest BCUT2D eigenvalue weighted by molar-refractivity contribution is 7.88. The fourth-order valence-electron chi connectivity index (χ4n) is 3.81. The van der Waals surface area contributed by atoms with Gasteiger partial charge >= 0.3 is 0 Å². The molecule has 1 aromatic carbocycles. The molecule has 2 heterocycles. The van der Waals surface area contributed by atoms with Crippen LogP contribution in [0.1, 0.15) is 39.5 Å². The number of carbonyl (C=O) groups is 1. The van der Waals surface area contributed by atoms with Gasteiger partial charge in [0.25, 0.3) is 5.91 Å². The number of carbonyl (C=O) groups excluding carboxylic acids is 1. The van der Waals surface area contributed by atoms with Crippen LogP contribution in [0.4, 0.5) is 5.69 Å². The van der Waals surface area contributed by atoms with Crippen LogP contribution in [0.25, 0.3) is 0 Å². The van der Waals surface area contributed by atoms with Gasteiger partial charge in [-0.1, -0.05) is 11.6 Å². The van der Waals surface area contributed by atoms with Crippen molar-refractivity contribution in [2.45, 2.75) is 25.3 Å². The van der Waals surface area contributed by atoms with Crippen LogP contribution in [0.15, 0.2) is 30.6 Å². The zero-order chi connectivity index (χ0) is 18.5. The standard InChI is InChI=1S/C18H18ClN3O3S/c1-26(24,25)21-16-5-4-14-15(16)9-20-10-17(14)22-7-6-11-8-12(19)2-3-13(11)18(22)23/h2-3,8-10,16,21H,4-7H2,1H3. The van der Waals surface area contributed by atoms with E-state index in [0.717, 1.165) is 35.1 Å². The molecule has 136 valence electrons. The van der Waals surface area contributed by atoms with Crippen molar-refractivity contribution < 1.29 is 13.2 Å². The van der Waals surface area contributed by atoms with Gasteiger partial charge < -0.3 is 4.90 Å². The Labute approximate surface area is 157 Å². The van der Waals surface area contributed by atoms with Gasteiger partial charge in [0.15, 0.2) is 0 Å². The number of fused-ring (bicyclic) bond motifs is 2. The molecule has 0 bridgehead atoms. The Bertz CT molecular complexity index is 1010. The van der Waals surface area contributed by atoms with Crippen LogP contribution in [0.2, 0.25) is 5.02 Å². The first-order chi connectivity index (χ1) is 12.3. The van der Waals surface area contributed by atoms with E-state index in [4.69, 9.17) is 11.6 Å². The van der Waals surface area contributed by atoms with Crippen LogP contribution >= 0.6 is 11.6 Å². The molecular weight excluding hydrogens is 374 g/mol. The molecule has 1 aromatic heterocycles. The fourth-order valence-corrected chi connectivity index (χ4v) is 4.77. The molecule has 1 aliphatic heterocycles. The van der Waals surface area contributed by atoms with Crippen LogP contribution in [-0.2, 0) is 22.9 Å². The second-order valence-electron chi connectivity index (χ2n) is 6.72. The predicted octanol–water partition coefficient (Wildman–Crippen LogP) is 2.47. The molecule has 0 spiro atoms. The first kappa shape index (κ1) is 17.5. The van der Waals surface area contributed by atoms with Gasteiger partial charge in [0.1, 0.15) is 0 Å². The summed E-state index contributed by atoms with van der Waals surface area (Å²) >= 11 is 6.03. The van der Waals surface area contributed by atoms with Crippen molar-refractivity contribution in [3.05, 3.63) is 57.9 Å². The van der Waals surface area contributed by atoms with Crippen LogP contribution in [0.5, 0.6) is 0 Å². The predicted molar refractivity (Wildman–Crippen MR) is 100 cm³/mol. The summed E-state index contributed by atoms with van der Waals surface area (Å²) in [6.45, 7) is 0.550. The summed E-state index contributed by atoms with van der Waals surface area (Å²) in [7, 11) is -3.31. The van der Waals surface area contributed by atoms with Gasteiger partial charge in [-0.2, -0.15) is 0 Å². The van der Waals surface area contributed by atoms with Gasteiger partial charge in [-0.05, 0) is 54.2 Å². The summed E-state index contributed by atoms with van der Waals surface area (Å²) in [6, 6.07) is 5.03. The number of hydrogen-bond acceptors (Lipinski definition) is 4. The maximum atomic E-state index is 13.0. The Balaban J connectivity index is 1.70. The molecule has 1 unspecified atom stereocenters. The number of nitrogens with one attached hydrogen (secondary N) is 1. The SMILES string of the molecule is CS(=O)(=O)NC1CCc2c1cncc2N1CCc2cc(Cl)ccc2C1=O. The van der Waals surface area contributed by atoms with Gasteiger partial charge in [0.2, 0.25) is 10.0 Å². The number of rotatable bonds is 3. The molecule has 0 saturated carbocycles. The Morgan fingerprint density at radius 1 is 1.27 bits per heavy atom. The van der Waals surface area contributed by atoms with Crippen molar-refractivity contribution in [3.8, 4) is 0 Å². The third kappa shape index (κ3) is 3.11. The second kappa shape index (κ2) is 6.33. The monoisotopic (exact) mass is 391 g/mol. The molecule has 1 atom stereocenters. The number of anilines is 1. The van der Waals surface area contributed by atoms with Gasteiger partial charge in [-0.25, -0.2) is 13.1 Å². The summed E-state index contributed by atoms with van der Waals surface area (Å²) in [4.78, 5) is 19.0. The Morgan fingerprint density at radius 2 is 2.08 bits per heavy atom. The lowest BCUT2D eigenvalue weighted by atomic mass is 9.98. The van der Waals surface area contributed by atoms with Crippen molar-refractivity contribution >= 4 is 33.2 Å². The summed E-state index contributed by atoms with van der Waals surface area (Å²) in [5, 5.41) is 0.627.